The molecule has 2 N–H and O–H groups in total. The van der Waals surface area contributed by atoms with E-state index in [1.54, 1.807) is 6.33 Å². The van der Waals surface area contributed by atoms with Crippen molar-refractivity contribution in [2.45, 2.75) is 43.2 Å². The number of rotatable bonds is 3. The van der Waals surface area contributed by atoms with Gasteiger partial charge in [0.25, 0.3) is 0 Å². The fourth-order valence-corrected chi connectivity index (χ4v) is 7.14. The summed E-state index contributed by atoms with van der Waals surface area (Å²) >= 11 is 0. The Kier molecular flexibility index (Phi) is 4.48. The minimum Gasteiger partial charge on any atom is -0.383 e. The number of pyridine rings is 1. The largest absolute Gasteiger partial charge is 0.383 e. The third kappa shape index (κ3) is 2.90. The van der Waals surface area contributed by atoms with Gasteiger partial charge in [0.2, 0.25) is 0 Å². The molecule has 1 aromatic carbocycles. The van der Waals surface area contributed by atoms with E-state index in [9.17, 15) is 0 Å². The highest BCUT2D eigenvalue weighted by Gasteiger charge is 2.58. The zero-order valence-corrected chi connectivity index (χ0v) is 19.7. The first-order chi connectivity index (χ1) is 17.1. The standard InChI is InChI=1S/C28H28N6O/c1-2-22-23(20-15-19-5-3-4-6-21(19)30-16-20)24-25(29)31-18-32-26(24)34(22)28-9-7-27(17-28,8-10-28)33-11-13-35-14-12-33/h1,3-6,15-16,18H,7-14,17H2,(H2,29,31,32). The fraction of sp³-hybridized carbons (Fsp3) is 0.393. The molecule has 0 spiro atoms. The molecule has 3 aromatic heterocycles. The molecule has 0 unspecified atom stereocenters. The van der Waals surface area contributed by atoms with E-state index in [4.69, 9.17) is 26.9 Å². The third-order valence-corrected chi connectivity index (χ3v) is 8.72. The Balaban J connectivity index is 1.44. The number of benzene rings is 1. The van der Waals surface area contributed by atoms with Gasteiger partial charge >= 0.3 is 0 Å². The second kappa shape index (κ2) is 7.51. The Bertz CT molecular complexity index is 1500. The van der Waals surface area contributed by atoms with Crippen molar-refractivity contribution >= 4 is 27.8 Å². The molecule has 7 heteroatoms. The van der Waals surface area contributed by atoms with Crippen LogP contribution >= 0.6 is 0 Å². The van der Waals surface area contributed by atoms with Gasteiger partial charge in [-0.2, -0.15) is 0 Å². The van der Waals surface area contributed by atoms with Crippen molar-refractivity contribution < 1.29 is 4.74 Å². The van der Waals surface area contributed by atoms with E-state index in [2.05, 4.69) is 32.5 Å². The molecule has 3 fully saturated rings. The first-order valence-corrected chi connectivity index (χ1v) is 12.4. The second-order valence-corrected chi connectivity index (χ2v) is 10.3. The summed E-state index contributed by atoms with van der Waals surface area (Å²) in [5.41, 5.74) is 11.2. The first kappa shape index (κ1) is 20.9. The van der Waals surface area contributed by atoms with Crippen LogP contribution in [0.3, 0.4) is 0 Å². The zero-order chi connectivity index (χ0) is 23.6. The van der Waals surface area contributed by atoms with E-state index in [0.29, 0.717) is 5.82 Å². The molecular formula is C28H28N6O. The van der Waals surface area contributed by atoms with Crippen molar-refractivity contribution in [1.29, 1.82) is 0 Å². The molecule has 2 aliphatic carbocycles. The molecule has 0 amide bonds. The SMILES string of the molecule is C#Cc1c(-c2cnc3ccccc3c2)c2c(N)ncnc2n1C12CCC(N3CCOCC3)(CC1)C2. The number of hydrogen-bond donors (Lipinski definition) is 1. The summed E-state index contributed by atoms with van der Waals surface area (Å²) in [6.07, 6.45) is 15.3. The number of terminal acetylenes is 1. The van der Waals surface area contributed by atoms with Gasteiger partial charge in [-0.1, -0.05) is 24.1 Å². The predicted octanol–water partition coefficient (Wildman–Crippen LogP) is 3.95. The van der Waals surface area contributed by atoms with Crippen molar-refractivity contribution in [1.82, 2.24) is 24.4 Å². The number of nitrogens with zero attached hydrogens (tertiary/aromatic N) is 5. The highest BCUT2D eigenvalue weighted by molar-refractivity contribution is 6.04. The monoisotopic (exact) mass is 464 g/mol. The summed E-state index contributed by atoms with van der Waals surface area (Å²) in [7, 11) is 0. The van der Waals surface area contributed by atoms with Crippen LogP contribution in [0.15, 0.2) is 42.9 Å². The number of fused-ring (bicyclic) bond motifs is 4. The molecule has 0 radical (unpaired) electrons. The van der Waals surface area contributed by atoms with Crippen molar-refractivity contribution in [2.75, 3.05) is 32.0 Å². The number of anilines is 1. The molecule has 35 heavy (non-hydrogen) atoms. The lowest BCUT2D eigenvalue weighted by atomic mass is 9.89. The van der Waals surface area contributed by atoms with Gasteiger partial charge < -0.3 is 15.0 Å². The molecule has 7 rings (SSSR count). The number of morpholine rings is 1. The highest BCUT2D eigenvalue weighted by atomic mass is 16.5. The van der Waals surface area contributed by atoms with Gasteiger partial charge in [0.1, 0.15) is 23.5 Å². The summed E-state index contributed by atoms with van der Waals surface area (Å²) in [6.45, 7) is 3.65. The number of nitrogens with two attached hydrogens (primary N) is 1. The van der Waals surface area contributed by atoms with Gasteiger partial charge in [-0.3, -0.25) is 9.88 Å². The summed E-state index contributed by atoms with van der Waals surface area (Å²) in [5.74, 6) is 3.51. The fourth-order valence-electron chi connectivity index (χ4n) is 7.14. The smallest absolute Gasteiger partial charge is 0.147 e. The molecule has 7 nitrogen and oxygen atoms in total. The Morgan fingerprint density at radius 1 is 1.00 bits per heavy atom. The summed E-state index contributed by atoms with van der Waals surface area (Å²) in [6, 6.07) is 10.3. The van der Waals surface area contributed by atoms with Gasteiger partial charge in [-0.25, -0.2) is 9.97 Å². The molecule has 176 valence electrons. The van der Waals surface area contributed by atoms with Crippen molar-refractivity contribution in [3.8, 4) is 23.5 Å². The van der Waals surface area contributed by atoms with E-state index in [1.807, 2.05) is 24.4 Å². The average molecular weight is 465 g/mol. The van der Waals surface area contributed by atoms with E-state index in [-0.39, 0.29) is 11.1 Å². The maximum absolute atomic E-state index is 6.50. The second-order valence-electron chi connectivity index (χ2n) is 10.3. The van der Waals surface area contributed by atoms with Gasteiger partial charge in [0, 0.05) is 46.9 Å². The van der Waals surface area contributed by atoms with Crippen LogP contribution in [0.2, 0.25) is 0 Å². The van der Waals surface area contributed by atoms with Gasteiger partial charge in [0.15, 0.2) is 0 Å². The lowest BCUT2D eigenvalue weighted by Gasteiger charge is -2.42. The topological polar surface area (TPSA) is 82.1 Å². The molecule has 1 aliphatic heterocycles. The number of ether oxygens (including phenoxy) is 1. The van der Waals surface area contributed by atoms with Crippen molar-refractivity contribution in [3.05, 3.63) is 48.5 Å². The summed E-state index contributed by atoms with van der Waals surface area (Å²) < 4.78 is 8.00. The molecule has 0 atom stereocenters. The molecule has 2 saturated carbocycles. The maximum atomic E-state index is 6.50. The molecule has 1 saturated heterocycles. The lowest BCUT2D eigenvalue weighted by molar-refractivity contribution is -0.0192. The Hall–Kier alpha value is -3.47. The summed E-state index contributed by atoms with van der Waals surface area (Å²) in [5, 5.41) is 1.90. The van der Waals surface area contributed by atoms with Gasteiger partial charge in [0.05, 0.1) is 24.1 Å². The van der Waals surface area contributed by atoms with Crippen LogP contribution in [-0.2, 0) is 10.3 Å². The van der Waals surface area contributed by atoms with Crippen LogP contribution in [0.4, 0.5) is 5.82 Å². The number of hydrogen-bond acceptors (Lipinski definition) is 6. The zero-order valence-electron chi connectivity index (χ0n) is 19.7. The molecule has 2 bridgehead atoms. The number of nitrogen functional groups attached to an aromatic ring is 1. The Morgan fingerprint density at radius 3 is 2.57 bits per heavy atom. The van der Waals surface area contributed by atoms with Crippen LogP contribution in [0.5, 0.6) is 0 Å². The van der Waals surface area contributed by atoms with Crippen LogP contribution in [0.1, 0.15) is 37.8 Å². The predicted molar refractivity (Wildman–Crippen MR) is 137 cm³/mol. The van der Waals surface area contributed by atoms with Gasteiger partial charge in [-0.05, 0) is 44.2 Å². The first-order valence-electron chi connectivity index (χ1n) is 12.4. The summed E-state index contributed by atoms with van der Waals surface area (Å²) in [4.78, 5) is 16.5. The third-order valence-electron chi connectivity index (χ3n) is 8.72. The quantitative estimate of drug-likeness (QED) is 0.462. The molecule has 3 aliphatic rings. The normalized spacial score (nSPS) is 26.5. The van der Waals surface area contributed by atoms with Crippen LogP contribution < -0.4 is 5.73 Å². The van der Waals surface area contributed by atoms with Crippen LogP contribution in [0, 0.1) is 12.3 Å². The Morgan fingerprint density at radius 2 is 1.77 bits per heavy atom. The van der Waals surface area contributed by atoms with E-state index < -0.39 is 0 Å². The Labute approximate surface area is 204 Å². The maximum Gasteiger partial charge on any atom is 0.147 e. The van der Waals surface area contributed by atoms with Gasteiger partial charge in [-0.15, -0.1) is 6.42 Å². The minimum atomic E-state index is -0.0679. The number of aromatic nitrogens is 4. The molecule has 4 heterocycles. The minimum absolute atomic E-state index is 0.0679. The van der Waals surface area contributed by atoms with E-state index in [0.717, 1.165) is 84.3 Å². The van der Waals surface area contributed by atoms with E-state index >= 15 is 0 Å². The van der Waals surface area contributed by atoms with Crippen molar-refractivity contribution in [2.24, 2.45) is 0 Å². The highest BCUT2D eigenvalue weighted by Crippen LogP contribution is 2.59. The van der Waals surface area contributed by atoms with Crippen LogP contribution in [0.25, 0.3) is 33.1 Å². The van der Waals surface area contributed by atoms with Crippen molar-refractivity contribution in [3.63, 3.8) is 0 Å². The number of para-hydroxylation sites is 1. The molecule has 4 aromatic rings. The van der Waals surface area contributed by atoms with Crippen LogP contribution in [-0.4, -0.2) is 56.3 Å². The average Bonchev–Trinajstić information content (AvgIpc) is 3.59. The van der Waals surface area contributed by atoms with E-state index in [1.165, 1.54) is 12.8 Å². The lowest BCUT2D eigenvalue weighted by Crippen LogP contribution is -2.51. The molecular weight excluding hydrogens is 436 g/mol.